The minimum atomic E-state index is -0.497. The molecular weight excluding hydrogens is 340 g/mol. The number of aromatic nitrogens is 3. The Morgan fingerprint density at radius 1 is 1.32 bits per heavy atom. The van der Waals surface area contributed by atoms with E-state index in [1.807, 2.05) is 0 Å². The molecule has 0 aliphatic carbocycles. The van der Waals surface area contributed by atoms with Crippen molar-refractivity contribution >= 4 is 27.5 Å². The van der Waals surface area contributed by atoms with Crippen LogP contribution in [0.3, 0.4) is 0 Å². The molecule has 0 bridgehead atoms. The van der Waals surface area contributed by atoms with E-state index in [4.69, 9.17) is 15.9 Å². The minimum Gasteiger partial charge on any atom is -0.495 e. The van der Waals surface area contributed by atoms with E-state index in [0.717, 1.165) is 10.2 Å². The zero-order valence-electron chi connectivity index (χ0n) is 13.6. The van der Waals surface area contributed by atoms with Crippen LogP contribution in [0.1, 0.15) is 10.5 Å². The monoisotopic (exact) mass is 354 g/mol. The number of amides is 1. The van der Waals surface area contributed by atoms with Crippen molar-refractivity contribution in [1.82, 2.24) is 14.5 Å². The number of carbonyl (C=O) groups excluding carboxylic acids is 1. The third-order valence-electron chi connectivity index (χ3n) is 3.42. The van der Waals surface area contributed by atoms with Crippen LogP contribution in [0.4, 0.5) is 0 Å². The van der Waals surface area contributed by atoms with Gasteiger partial charge in [0, 0.05) is 12.4 Å². The zero-order chi connectivity index (χ0) is 17.8. The quantitative estimate of drug-likeness (QED) is 0.669. The standard InChI is InChI=1S/C17H14N4O3S/c1-4-9-21-14-12(23-2)5-6-13(24-3)15(14)25-17(21)20-16(22)11-10-18-7-8-19-11/h1,5-8,10H,9H2,2-3H3. The van der Waals surface area contributed by atoms with Crippen LogP contribution in [-0.4, -0.2) is 34.7 Å². The maximum absolute atomic E-state index is 12.4. The van der Waals surface area contributed by atoms with Gasteiger partial charge in [-0.2, -0.15) is 4.99 Å². The molecule has 2 aromatic heterocycles. The van der Waals surface area contributed by atoms with Gasteiger partial charge in [0.15, 0.2) is 4.80 Å². The zero-order valence-corrected chi connectivity index (χ0v) is 14.4. The van der Waals surface area contributed by atoms with Crippen LogP contribution in [0.5, 0.6) is 11.5 Å². The number of hydrogen-bond acceptors (Lipinski definition) is 6. The van der Waals surface area contributed by atoms with E-state index in [1.54, 1.807) is 30.9 Å². The van der Waals surface area contributed by atoms with Crippen molar-refractivity contribution in [3.63, 3.8) is 0 Å². The van der Waals surface area contributed by atoms with Gasteiger partial charge in [0.25, 0.3) is 5.91 Å². The second-order valence-electron chi connectivity index (χ2n) is 4.83. The summed E-state index contributed by atoms with van der Waals surface area (Å²) in [5, 5.41) is 0. The van der Waals surface area contributed by atoms with Crippen LogP contribution in [0.15, 0.2) is 35.7 Å². The smallest absolute Gasteiger partial charge is 0.299 e. The number of benzene rings is 1. The molecule has 1 amide bonds. The van der Waals surface area contributed by atoms with Gasteiger partial charge < -0.3 is 14.0 Å². The molecule has 0 saturated heterocycles. The Labute approximate surface area is 147 Å². The molecule has 0 N–H and O–H groups in total. The lowest BCUT2D eigenvalue weighted by molar-refractivity contribution is 0.0992. The number of hydrogen-bond donors (Lipinski definition) is 0. The van der Waals surface area contributed by atoms with Gasteiger partial charge in [-0.25, -0.2) is 4.98 Å². The van der Waals surface area contributed by atoms with E-state index in [-0.39, 0.29) is 12.2 Å². The van der Waals surface area contributed by atoms with Gasteiger partial charge in [-0.05, 0) is 12.1 Å². The van der Waals surface area contributed by atoms with Gasteiger partial charge in [0.05, 0.1) is 27.0 Å². The molecule has 3 rings (SSSR count). The van der Waals surface area contributed by atoms with E-state index in [2.05, 4.69) is 20.9 Å². The Bertz CT molecular complexity index is 1030. The molecule has 0 unspecified atom stereocenters. The highest BCUT2D eigenvalue weighted by Crippen LogP contribution is 2.35. The maximum atomic E-state index is 12.4. The number of rotatable bonds is 4. The van der Waals surface area contributed by atoms with Crippen molar-refractivity contribution in [2.45, 2.75) is 6.54 Å². The second kappa shape index (κ2) is 7.15. The third-order valence-corrected chi connectivity index (χ3v) is 4.51. The Hall–Kier alpha value is -3.18. The highest BCUT2D eigenvalue weighted by molar-refractivity contribution is 7.16. The van der Waals surface area contributed by atoms with Gasteiger partial charge in [0.1, 0.15) is 27.4 Å². The first-order valence-corrected chi connectivity index (χ1v) is 8.04. The molecule has 0 fully saturated rings. The predicted molar refractivity (Wildman–Crippen MR) is 93.7 cm³/mol. The van der Waals surface area contributed by atoms with Crippen molar-refractivity contribution in [3.8, 4) is 23.8 Å². The maximum Gasteiger partial charge on any atom is 0.299 e. The average Bonchev–Trinajstić information content (AvgIpc) is 3.00. The molecule has 7 nitrogen and oxygen atoms in total. The lowest BCUT2D eigenvalue weighted by Crippen LogP contribution is -2.17. The van der Waals surface area contributed by atoms with Gasteiger partial charge in [-0.15, -0.1) is 6.42 Å². The van der Waals surface area contributed by atoms with Crippen molar-refractivity contribution in [3.05, 3.63) is 41.2 Å². The van der Waals surface area contributed by atoms with Gasteiger partial charge in [-0.3, -0.25) is 9.78 Å². The number of terminal acetylenes is 1. The van der Waals surface area contributed by atoms with Gasteiger partial charge in [0.2, 0.25) is 0 Å². The number of ether oxygens (including phenoxy) is 2. The normalized spacial score (nSPS) is 11.3. The minimum absolute atomic E-state index is 0.158. The molecule has 1 aromatic carbocycles. The van der Waals surface area contributed by atoms with E-state index in [1.165, 1.54) is 29.9 Å². The van der Waals surface area contributed by atoms with Gasteiger partial charge in [-0.1, -0.05) is 17.3 Å². The summed E-state index contributed by atoms with van der Waals surface area (Å²) < 4.78 is 13.4. The number of thiazole rings is 1. The summed E-state index contributed by atoms with van der Waals surface area (Å²) in [6.07, 6.45) is 9.79. The van der Waals surface area contributed by atoms with Crippen LogP contribution in [0.2, 0.25) is 0 Å². The molecule has 0 spiro atoms. The van der Waals surface area contributed by atoms with E-state index in [0.29, 0.717) is 16.3 Å². The molecule has 0 aliphatic rings. The summed E-state index contributed by atoms with van der Waals surface area (Å²) in [6, 6.07) is 3.58. The van der Waals surface area contributed by atoms with Crippen LogP contribution in [-0.2, 0) is 6.54 Å². The first-order valence-electron chi connectivity index (χ1n) is 7.22. The summed E-state index contributed by atoms with van der Waals surface area (Å²) in [7, 11) is 3.15. The molecule has 0 aliphatic heterocycles. The van der Waals surface area contributed by atoms with Gasteiger partial charge >= 0.3 is 0 Å². The lowest BCUT2D eigenvalue weighted by Gasteiger charge is -2.08. The summed E-state index contributed by atoms with van der Waals surface area (Å²) in [4.78, 5) is 24.8. The van der Waals surface area contributed by atoms with Crippen molar-refractivity contribution < 1.29 is 14.3 Å². The van der Waals surface area contributed by atoms with E-state index >= 15 is 0 Å². The Balaban J connectivity index is 2.28. The summed E-state index contributed by atoms with van der Waals surface area (Å²) in [6.45, 7) is 0.232. The highest BCUT2D eigenvalue weighted by atomic mass is 32.1. The first-order chi connectivity index (χ1) is 12.2. The molecule has 0 radical (unpaired) electrons. The SMILES string of the molecule is C#CCn1c(=NC(=O)c2cnccn2)sc2c(OC)ccc(OC)c21. The third kappa shape index (κ3) is 3.09. The molecule has 126 valence electrons. The second-order valence-corrected chi connectivity index (χ2v) is 5.81. The fraction of sp³-hybridized carbons (Fsp3) is 0.176. The fourth-order valence-corrected chi connectivity index (χ4v) is 3.47. The summed E-state index contributed by atoms with van der Waals surface area (Å²) in [5.74, 6) is 3.36. The van der Waals surface area contributed by atoms with Crippen molar-refractivity contribution in [2.75, 3.05) is 14.2 Å². The molecule has 25 heavy (non-hydrogen) atoms. The molecule has 3 aromatic rings. The Morgan fingerprint density at radius 3 is 2.72 bits per heavy atom. The number of carbonyl (C=O) groups is 1. The predicted octanol–water partition coefficient (Wildman–Crippen LogP) is 1.88. The number of fused-ring (bicyclic) bond motifs is 1. The molecule has 8 heteroatoms. The average molecular weight is 354 g/mol. The molecular formula is C17H14N4O3S. The largest absolute Gasteiger partial charge is 0.495 e. The topological polar surface area (TPSA) is 78.6 Å². The summed E-state index contributed by atoms with van der Waals surface area (Å²) in [5.41, 5.74) is 0.890. The number of nitrogens with zero attached hydrogens (tertiary/aromatic N) is 4. The molecule has 2 heterocycles. The van der Waals surface area contributed by atoms with Crippen molar-refractivity contribution in [1.29, 1.82) is 0 Å². The lowest BCUT2D eigenvalue weighted by atomic mass is 10.3. The Kier molecular flexibility index (Phi) is 4.77. The number of methoxy groups -OCH3 is 2. The van der Waals surface area contributed by atoms with Crippen molar-refractivity contribution in [2.24, 2.45) is 4.99 Å². The fourth-order valence-electron chi connectivity index (χ4n) is 2.33. The van der Waals surface area contributed by atoms with Crippen LogP contribution in [0, 0.1) is 12.3 Å². The Morgan fingerprint density at radius 2 is 2.08 bits per heavy atom. The molecule has 0 atom stereocenters. The van der Waals surface area contributed by atoms with E-state index < -0.39 is 5.91 Å². The van der Waals surface area contributed by atoms with Crippen LogP contribution in [0.25, 0.3) is 10.2 Å². The van der Waals surface area contributed by atoms with Crippen LogP contribution < -0.4 is 14.3 Å². The molecule has 0 saturated carbocycles. The summed E-state index contributed by atoms with van der Waals surface area (Å²) >= 11 is 1.29. The highest BCUT2D eigenvalue weighted by Gasteiger charge is 2.16. The van der Waals surface area contributed by atoms with E-state index in [9.17, 15) is 4.79 Å². The van der Waals surface area contributed by atoms with Crippen LogP contribution >= 0.6 is 11.3 Å². The first kappa shape index (κ1) is 16.7.